The third kappa shape index (κ3) is 4.94. The van der Waals surface area contributed by atoms with Crippen LogP contribution < -0.4 is 0 Å². The van der Waals surface area contributed by atoms with Crippen LogP contribution in [-0.4, -0.2) is 0 Å². The van der Waals surface area contributed by atoms with Crippen LogP contribution in [0.2, 0.25) is 0 Å². The first kappa shape index (κ1) is 19.2. The second kappa shape index (κ2) is 7.03. The van der Waals surface area contributed by atoms with Crippen LogP contribution in [0.1, 0.15) is 63.8 Å². The SMILES string of the molecule is CC(C)(C)c1ccc(Cc2ccc(C(C)(C)C)cc2I)c(I)c1. The number of halogens is 2. The molecule has 0 unspecified atom stereocenters. The molecule has 0 atom stereocenters. The lowest BCUT2D eigenvalue weighted by Crippen LogP contribution is -2.12. The molecule has 0 amide bonds. The van der Waals surface area contributed by atoms with E-state index >= 15 is 0 Å². The second-order valence-corrected chi connectivity index (χ2v) is 10.6. The summed E-state index contributed by atoms with van der Waals surface area (Å²) in [6, 6.07) is 13.9. The molecule has 0 heterocycles. The van der Waals surface area contributed by atoms with E-state index in [1.165, 1.54) is 29.4 Å². The van der Waals surface area contributed by atoms with Crippen LogP contribution in [0.5, 0.6) is 0 Å². The van der Waals surface area contributed by atoms with Crippen molar-refractivity contribution in [1.82, 2.24) is 0 Å². The number of hydrogen-bond donors (Lipinski definition) is 0. The first-order valence-corrected chi connectivity index (χ1v) is 10.2. The molecule has 0 saturated heterocycles. The molecule has 0 aromatic heterocycles. The van der Waals surface area contributed by atoms with Gasteiger partial charge in [0.2, 0.25) is 0 Å². The summed E-state index contributed by atoms with van der Waals surface area (Å²) in [6.45, 7) is 13.6. The average molecular weight is 532 g/mol. The molecule has 0 fully saturated rings. The first-order valence-electron chi connectivity index (χ1n) is 8.06. The van der Waals surface area contributed by atoms with E-state index in [0.717, 1.165) is 6.42 Å². The van der Waals surface area contributed by atoms with E-state index in [2.05, 4.69) is 123 Å². The van der Waals surface area contributed by atoms with Gasteiger partial charge in [0.1, 0.15) is 0 Å². The van der Waals surface area contributed by atoms with Gasteiger partial charge in [0.15, 0.2) is 0 Å². The molecule has 124 valence electrons. The van der Waals surface area contributed by atoms with Crippen molar-refractivity contribution >= 4 is 45.2 Å². The number of hydrogen-bond acceptors (Lipinski definition) is 0. The van der Waals surface area contributed by atoms with Gasteiger partial charge in [-0.15, -0.1) is 0 Å². The Labute approximate surface area is 168 Å². The summed E-state index contributed by atoms with van der Waals surface area (Å²) in [5.41, 5.74) is 6.06. The molecular weight excluding hydrogens is 506 g/mol. The highest BCUT2D eigenvalue weighted by Crippen LogP contribution is 2.29. The topological polar surface area (TPSA) is 0 Å². The summed E-state index contributed by atoms with van der Waals surface area (Å²) in [5, 5.41) is 0. The Balaban J connectivity index is 2.30. The predicted octanol–water partition coefficient (Wildman–Crippen LogP) is 7.08. The maximum Gasteiger partial charge on any atom is 0.0168 e. The minimum absolute atomic E-state index is 0.210. The lowest BCUT2D eigenvalue weighted by atomic mass is 9.85. The van der Waals surface area contributed by atoms with Gasteiger partial charge in [-0.1, -0.05) is 65.8 Å². The first-order chi connectivity index (χ1) is 10.5. The van der Waals surface area contributed by atoms with Crippen molar-refractivity contribution in [3.05, 3.63) is 65.8 Å². The molecule has 0 spiro atoms. The monoisotopic (exact) mass is 532 g/mol. The molecule has 0 aliphatic heterocycles. The quantitative estimate of drug-likeness (QED) is 0.363. The Morgan fingerprint density at radius 3 is 1.26 bits per heavy atom. The van der Waals surface area contributed by atoms with Gasteiger partial charge in [0, 0.05) is 7.14 Å². The van der Waals surface area contributed by atoms with Crippen LogP contribution in [0.25, 0.3) is 0 Å². The Bertz CT molecular complexity index is 639. The standard InChI is InChI=1S/C21H26I2/c1-20(2,3)16-9-7-14(18(22)12-16)11-15-8-10-17(13-19(15)23)21(4,5)6/h7-10,12-13H,11H2,1-6H3. The molecule has 2 rings (SSSR count). The van der Waals surface area contributed by atoms with Gasteiger partial charge in [0.05, 0.1) is 0 Å². The van der Waals surface area contributed by atoms with Gasteiger partial charge in [-0.05, 0) is 96.8 Å². The fraction of sp³-hybridized carbons (Fsp3) is 0.429. The molecule has 2 aromatic carbocycles. The summed E-state index contributed by atoms with van der Waals surface area (Å²) >= 11 is 4.96. The third-order valence-corrected chi connectivity index (χ3v) is 6.23. The summed E-state index contributed by atoms with van der Waals surface area (Å²) in [4.78, 5) is 0. The zero-order chi connectivity index (χ0) is 17.4. The minimum Gasteiger partial charge on any atom is -0.0582 e. The van der Waals surface area contributed by atoms with Crippen molar-refractivity contribution in [2.75, 3.05) is 0 Å². The van der Waals surface area contributed by atoms with Crippen LogP contribution >= 0.6 is 45.2 Å². The highest BCUT2D eigenvalue weighted by atomic mass is 127. The summed E-state index contributed by atoms with van der Waals surface area (Å²) in [5.74, 6) is 0. The fourth-order valence-electron chi connectivity index (χ4n) is 2.52. The zero-order valence-corrected chi connectivity index (χ0v) is 19.2. The molecule has 23 heavy (non-hydrogen) atoms. The van der Waals surface area contributed by atoms with E-state index in [1.54, 1.807) is 0 Å². The van der Waals surface area contributed by atoms with Gasteiger partial charge >= 0.3 is 0 Å². The summed E-state index contributed by atoms with van der Waals surface area (Å²) in [7, 11) is 0. The molecule has 0 saturated carbocycles. The van der Waals surface area contributed by atoms with Crippen molar-refractivity contribution in [1.29, 1.82) is 0 Å². The molecule has 0 N–H and O–H groups in total. The second-order valence-electron chi connectivity index (χ2n) is 8.29. The van der Waals surface area contributed by atoms with Gasteiger partial charge in [-0.3, -0.25) is 0 Å². The van der Waals surface area contributed by atoms with E-state index in [-0.39, 0.29) is 10.8 Å². The minimum atomic E-state index is 0.210. The van der Waals surface area contributed by atoms with E-state index < -0.39 is 0 Å². The predicted molar refractivity (Wildman–Crippen MR) is 119 cm³/mol. The van der Waals surface area contributed by atoms with Crippen molar-refractivity contribution in [2.24, 2.45) is 0 Å². The Morgan fingerprint density at radius 2 is 1.00 bits per heavy atom. The zero-order valence-electron chi connectivity index (χ0n) is 14.9. The lowest BCUT2D eigenvalue weighted by molar-refractivity contribution is 0.589. The van der Waals surface area contributed by atoms with Gasteiger partial charge < -0.3 is 0 Å². The molecule has 0 radical (unpaired) electrons. The van der Waals surface area contributed by atoms with Crippen LogP contribution in [0, 0.1) is 7.14 Å². The highest BCUT2D eigenvalue weighted by Gasteiger charge is 2.17. The summed E-state index contributed by atoms with van der Waals surface area (Å²) in [6.07, 6.45) is 1.01. The molecule has 0 aliphatic carbocycles. The highest BCUT2D eigenvalue weighted by molar-refractivity contribution is 14.1. The number of rotatable bonds is 2. The maximum absolute atomic E-state index is 2.48. The third-order valence-electron chi connectivity index (χ3n) is 4.22. The van der Waals surface area contributed by atoms with E-state index in [9.17, 15) is 0 Å². The van der Waals surface area contributed by atoms with Gasteiger partial charge in [-0.25, -0.2) is 0 Å². The van der Waals surface area contributed by atoms with Crippen molar-refractivity contribution in [2.45, 2.75) is 58.8 Å². The molecule has 0 aliphatic rings. The van der Waals surface area contributed by atoms with E-state index in [1.807, 2.05) is 0 Å². The Morgan fingerprint density at radius 1 is 0.652 bits per heavy atom. The Kier molecular flexibility index (Phi) is 5.87. The molecule has 2 heteroatoms. The average Bonchev–Trinajstić information content (AvgIpc) is 2.40. The van der Waals surface area contributed by atoms with Crippen LogP contribution in [-0.2, 0) is 17.3 Å². The van der Waals surface area contributed by atoms with Crippen LogP contribution in [0.3, 0.4) is 0 Å². The van der Waals surface area contributed by atoms with Crippen molar-refractivity contribution < 1.29 is 0 Å². The van der Waals surface area contributed by atoms with E-state index in [4.69, 9.17) is 0 Å². The van der Waals surface area contributed by atoms with Gasteiger partial charge in [-0.2, -0.15) is 0 Å². The van der Waals surface area contributed by atoms with Gasteiger partial charge in [0.25, 0.3) is 0 Å². The Hall–Kier alpha value is -0.1000. The number of benzene rings is 2. The van der Waals surface area contributed by atoms with E-state index in [0.29, 0.717) is 0 Å². The lowest BCUT2D eigenvalue weighted by Gasteiger charge is -2.21. The maximum atomic E-state index is 2.48. The molecule has 2 aromatic rings. The normalized spacial score (nSPS) is 12.5. The van der Waals surface area contributed by atoms with Crippen LogP contribution in [0.15, 0.2) is 36.4 Å². The smallest absolute Gasteiger partial charge is 0.0168 e. The molecule has 0 bridgehead atoms. The summed E-state index contributed by atoms with van der Waals surface area (Å²) < 4.78 is 2.73. The molecule has 0 nitrogen and oxygen atoms in total. The fourth-order valence-corrected chi connectivity index (χ4v) is 3.93. The largest absolute Gasteiger partial charge is 0.0582 e. The van der Waals surface area contributed by atoms with Crippen molar-refractivity contribution in [3.63, 3.8) is 0 Å². The van der Waals surface area contributed by atoms with Crippen molar-refractivity contribution in [3.8, 4) is 0 Å². The molecular formula is C21H26I2. The van der Waals surface area contributed by atoms with Crippen LogP contribution in [0.4, 0.5) is 0 Å².